The molecule has 0 saturated carbocycles. The minimum Gasteiger partial charge on any atom is -0.354 e. The van der Waals surface area contributed by atoms with Crippen molar-refractivity contribution >= 4 is 16.6 Å². The predicted molar refractivity (Wildman–Crippen MR) is 85.2 cm³/mol. The Hall–Kier alpha value is -2.12. The molecule has 1 fully saturated rings. The number of benzene rings is 1. The third-order valence-electron chi connectivity index (χ3n) is 4.24. The fourth-order valence-electron chi connectivity index (χ4n) is 3.03. The Morgan fingerprint density at radius 2 is 1.95 bits per heavy atom. The number of piperazine rings is 1. The predicted octanol–water partition coefficient (Wildman–Crippen LogP) is 2.66. The lowest BCUT2D eigenvalue weighted by Gasteiger charge is -2.37. The number of nitriles is 1. The molecule has 2 aromatic rings. The summed E-state index contributed by atoms with van der Waals surface area (Å²) in [6, 6.07) is 12.9. The van der Waals surface area contributed by atoms with E-state index in [1.807, 2.05) is 6.20 Å². The molecule has 1 aliphatic rings. The Morgan fingerprint density at radius 1 is 1.19 bits per heavy atom. The second-order valence-electron chi connectivity index (χ2n) is 5.43. The van der Waals surface area contributed by atoms with E-state index < -0.39 is 0 Å². The van der Waals surface area contributed by atoms with E-state index in [-0.39, 0.29) is 6.04 Å². The largest absolute Gasteiger partial charge is 0.354 e. The average Bonchev–Trinajstić information content (AvgIpc) is 2.56. The Bertz CT molecular complexity index is 648. The van der Waals surface area contributed by atoms with E-state index in [0.29, 0.717) is 0 Å². The van der Waals surface area contributed by atoms with E-state index in [1.165, 1.54) is 10.8 Å². The van der Waals surface area contributed by atoms with E-state index in [1.54, 1.807) is 0 Å². The van der Waals surface area contributed by atoms with Crippen LogP contribution in [-0.4, -0.2) is 42.1 Å². The summed E-state index contributed by atoms with van der Waals surface area (Å²) in [5, 5.41) is 11.6. The van der Waals surface area contributed by atoms with E-state index in [9.17, 15) is 5.26 Å². The van der Waals surface area contributed by atoms with Gasteiger partial charge in [0.1, 0.15) is 5.82 Å². The topological polar surface area (TPSA) is 43.2 Å². The molecule has 0 amide bonds. The summed E-state index contributed by atoms with van der Waals surface area (Å²) >= 11 is 0. The van der Waals surface area contributed by atoms with Crippen molar-refractivity contribution in [3.63, 3.8) is 0 Å². The highest BCUT2D eigenvalue weighted by Crippen LogP contribution is 2.25. The number of pyridine rings is 1. The lowest BCUT2D eigenvalue weighted by molar-refractivity contribution is 0.216. The second kappa shape index (κ2) is 6.11. The van der Waals surface area contributed by atoms with Gasteiger partial charge in [0, 0.05) is 37.8 Å². The van der Waals surface area contributed by atoms with Gasteiger partial charge < -0.3 is 4.90 Å². The summed E-state index contributed by atoms with van der Waals surface area (Å²) < 4.78 is 0. The molecule has 1 atom stereocenters. The minimum absolute atomic E-state index is 0.0487. The van der Waals surface area contributed by atoms with Crippen molar-refractivity contribution in [1.82, 2.24) is 9.88 Å². The Morgan fingerprint density at radius 3 is 2.67 bits per heavy atom. The summed E-state index contributed by atoms with van der Waals surface area (Å²) in [7, 11) is 0. The molecular weight excluding hydrogens is 260 g/mol. The number of nitrogens with zero attached hydrogens (tertiary/aromatic N) is 4. The van der Waals surface area contributed by atoms with Gasteiger partial charge in [0.25, 0.3) is 0 Å². The van der Waals surface area contributed by atoms with Crippen LogP contribution < -0.4 is 4.90 Å². The molecule has 1 aromatic carbocycles. The number of hydrogen-bond acceptors (Lipinski definition) is 4. The fraction of sp³-hybridized carbons (Fsp3) is 0.412. The van der Waals surface area contributed by atoms with Crippen LogP contribution in [0.1, 0.15) is 13.3 Å². The third kappa shape index (κ3) is 2.70. The lowest BCUT2D eigenvalue weighted by Crippen LogP contribution is -2.50. The maximum atomic E-state index is 9.18. The standard InChI is InChI=1S/C17H20N4/c1-2-15(13-18)20-9-11-21(12-10-20)17-16-6-4-3-5-14(16)7-8-19-17/h3-8,15H,2,9-12H2,1H3. The van der Waals surface area contributed by atoms with Gasteiger partial charge in [0.15, 0.2) is 0 Å². The van der Waals surface area contributed by atoms with Crippen molar-refractivity contribution in [3.05, 3.63) is 36.5 Å². The van der Waals surface area contributed by atoms with Gasteiger partial charge in [0.05, 0.1) is 12.1 Å². The van der Waals surface area contributed by atoms with Gasteiger partial charge in [0.2, 0.25) is 0 Å². The van der Waals surface area contributed by atoms with Crippen molar-refractivity contribution in [3.8, 4) is 6.07 Å². The van der Waals surface area contributed by atoms with E-state index >= 15 is 0 Å². The molecule has 3 rings (SSSR count). The molecular formula is C17H20N4. The Labute approximate surface area is 125 Å². The van der Waals surface area contributed by atoms with Crippen LogP contribution in [0.2, 0.25) is 0 Å². The molecule has 0 spiro atoms. The maximum absolute atomic E-state index is 9.18. The molecule has 21 heavy (non-hydrogen) atoms. The molecule has 108 valence electrons. The normalized spacial score (nSPS) is 17.6. The summed E-state index contributed by atoms with van der Waals surface area (Å²) in [5.41, 5.74) is 0. The van der Waals surface area contributed by atoms with E-state index in [2.05, 4.69) is 58.1 Å². The van der Waals surface area contributed by atoms with Crippen LogP contribution in [0.15, 0.2) is 36.5 Å². The number of fused-ring (bicyclic) bond motifs is 1. The average molecular weight is 280 g/mol. The molecule has 0 bridgehead atoms. The summed E-state index contributed by atoms with van der Waals surface area (Å²) in [4.78, 5) is 9.20. The van der Waals surface area contributed by atoms with Crippen LogP contribution in [0.4, 0.5) is 5.82 Å². The molecule has 4 nitrogen and oxygen atoms in total. The number of hydrogen-bond donors (Lipinski definition) is 0. The first kappa shape index (κ1) is 13.8. The van der Waals surface area contributed by atoms with Gasteiger partial charge in [-0.15, -0.1) is 0 Å². The van der Waals surface area contributed by atoms with Crippen molar-refractivity contribution in [2.75, 3.05) is 31.1 Å². The van der Waals surface area contributed by atoms with Gasteiger partial charge in [-0.05, 0) is 17.9 Å². The van der Waals surface area contributed by atoms with Crippen molar-refractivity contribution in [2.45, 2.75) is 19.4 Å². The first-order valence-corrected chi connectivity index (χ1v) is 7.56. The zero-order valence-corrected chi connectivity index (χ0v) is 12.4. The Kier molecular flexibility index (Phi) is 4.03. The highest BCUT2D eigenvalue weighted by molar-refractivity contribution is 5.92. The number of anilines is 1. The van der Waals surface area contributed by atoms with Gasteiger partial charge in [-0.2, -0.15) is 5.26 Å². The van der Waals surface area contributed by atoms with E-state index in [0.717, 1.165) is 38.4 Å². The van der Waals surface area contributed by atoms with Gasteiger partial charge >= 0.3 is 0 Å². The molecule has 1 unspecified atom stereocenters. The van der Waals surface area contributed by atoms with Crippen LogP contribution in [0.5, 0.6) is 0 Å². The fourth-order valence-corrected chi connectivity index (χ4v) is 3.03. The summed E-state index contributed by atoms with van der Waals surface area (Å²) in [5.74, 6) is 1.07. The smallest absolute Gasteiger partial charge is 0.136 e. The van der Waals surface area contributed by atoms with E-state index in [4.69, 9.17) is 0 Å². The van der Waals surface area contributed by atoms with Crippen LogP contribution in [-0.2, 0) is 0 Å². The highest BCUT2D eigenvalue weighted by Gasteiger charge is 2.23. The zero-order chi connectivity index (χ0) is 14.7. The molecule has 2 heterocycles. The quantitative estimate of drug-likeness (QED) is 0.867. The van der Waals surface area contributed by atoms with Gasteiger partial charge in [-0.25, -0.2) is 4.98 Å². The molecule has 0 radical (unpaired) electrons. The molecule has 0 aliphatic carbocycles. The molecule has 4 heteroatoms. The SMILES string of the molecule is CCC(C#N)N1CCN(c2nccc3ccccc23)CC1. The summed E-state index contributed by atoms with van der Waals surface area (Å²) in [6.45, 7) is 5.79. The monoisotopic (exact) mass is 280 g/mol. The first-order chi connectivity index (χ1) is 10.3. The molecule has 1 saturated heterocycles. The van der Waals surface area contributed by atoms with Crippen LogP contribution in [0.3, 0.4) is 0 Å². The summed E-state index contributed by atoms with van der Waals surface area (Å²) in [6.07, 6.45) is 2.77. The first-order valence-electron chi connectivity index (χ1n) is 7.56. The zero-order valence-electron chi connectivity index (χ0n) is 12.4. The third-order valence-corrected chi connectivity index (χ3v) is 4.24. The maximum Gasteiger partial charge on any atom is 0.136 e. The number of aromatic nitrogens is 1. The van der Waals surface area contributed by atoms with Crippen LogP contribution in [0, 0.1) is 11.3 Å². The molecule has 0 N–H and O–H groups in total. The van der Waals surface area contributed by atoms with Crippen LogP contribution >= 0.6 is 0 Å². The number of rotatable bonds is 3. The molecule has 1 aromatic heterocycles. The van der Waals surface area contributed by atoms with Crippen molar-refractivity contribution in [2.24, 2.45) is 0 Å². The highest BCUT2D eigenvalue weighted by atomic mass is 15.3. The van der Waals surface area contributed by atoms with Gasteiger partial charge in [-0.3, -0.25) is 4.90 Å². The van der Waals surface area contributed by atoms with Crippen molar-refractivity contribution in [1.29, 1.82) is 5.26 Å². The molecule has 1 aliphatic heterocycles. The van der Waals surface area contributed by atoms with Gasteiger partial charge in [-0.1, -0.05) is 31.2 Å². The van der Waals surface area contributed by atoms with Crippen LogP contribution in [0.25, 0.3) is 10.8 Å². The van der Waals surface area contributed by atoms with Crippen molar-refractivity contribution < 1.29 is 0 Å². The second-order valence-corrected chi connectivity index (χ2v) is 5.43. The lowest BCUT2D eigenvalue weighted by atomic mass is 10.1. The minimum atomic E-state index is 0.0487. The Balaban J connectivity index is 1.79.